The van der Waals surface area contributed by atoms with E-state index in [1.54, 1.807) is 0 Å². The molecule has 0 amide bonds. The minimum atomic E-state index is -4.71. The van der Waals surface area contributed by atoms with Gasteiger partial charge in [-0.3, -0.25) is 4.57 Å². The number of hydrogen-bond donors (Lipinski definition) is 0. The van der Waals surface area contributed by atoms with Crippen molar-refractivity contribution >= 4 is 9.84 Å². The van der Waals surface area contributed by atoms with Crippen molar-refractivity contribution in [2.45, 2.75) is 17.5 Å². The summed E-state index contributed by atoms with van der Waals surface area (Å²) in [6.07, 6.45) is -5.64. The van der Waals surface area contributed by atoms with Gasteiger partial charge in [0, 0.05) is 29.3 Å². The molecule has 148 valence electrons. The van der Waals surface area contributed by atoms with Crippen LogP contribution in [0.3, 0.4) is 0 Å². The molecule has 1 heterocycles. The summed E-state index contributed by atoms with van der Waals surface area (Å²) in [4.78, 5) is 3.62. The van der Waals surface area contributed by atoms with Crippen molar-refractivity contribution in [1.82, 2.24) is 9.55 Å². The molecule has 28 heavy (non-hydrogen) atoms. The normalized spacial score (nSPS) is 12.5. The van der Waals surface area contributed by atoms with E-state index in [1.165, 1.54) is 36.4 Å². The quantitative estimate of drug-likeness (QED) is 0.569. The van der Waals surface area contributed by atoms with Gasteiger partial charge in [0.25, 0.3) is 6.43 Å². The summed E-state index contributed by atoms with van der Waals surface area (Å²) in [6.45, 7) is 0. The third-order valence-electron chi connectivity index (χ3n) is 3.96. The zero-order valence-electron chi connectivity index (χ0n) is 14.3. The van der Waals surface area contributed by atoms with Crippen molar-refractivity contribution in [3.8, 4) is 17.1 Å². The van der Waals surface area contributed by atoms with Crippen molar-refractivity contribution in [2.75, 3.05) is 6.26 Å². The van der Waals surface area contributed by atoms with Crippen molar-refractivity contribution in [3.63, 3.8) is 0 Å². The maximum absolute atomic E-state index is 13.1. The van der Waals surface area contributed by atoms with E-state index in [4.69, 9.17) is 0 Å². The topological polar surface area (TPSA) is 52.0 Å². The van der Waals surface area contributed by atoms with E-state index in [0.717, 1.165) is 29.2 Å². The molecule has 2 aromatic carbocycles. The fraction of sp³-hybridized carbons (Fsp3) is 0.167. The Balaban J connectivity index is 2.13. The number of halogens is 5. The molecule has 0 aliphatic carbocycles. The number of nitrogens with zero attached hydrogens (tertiary/aromatic N) is 2. The maximum atomic E-state index is 13.1. The van der Waals surface area contributed by atoms with Crippen LogP contribution in [0.5, 0.6) is 0 Å². The number of hydrogen-bond acceptors (Lipinski definition) is 3. The summed E-state index contributed by atoms with van der Waals surface area (Å²) in [5, 5.41) is 0. The van der Waals surface area contributed by atoms with E-state index in [-0.39, 0.29) is 27.5 Å². The lowest BCUT2D eigenvalue weighted by Gasteiger charge is -2.09. The van der Waals surface area contributed by atoms with E-state index in [1.807, 2.05) is 0 Å². The van der Waals surface area contributed by atoms with Gasteiger partial charge in [0.05, 0.1) is 4.90 Å². The molecule has 0 spiro atoms. The van der Waals surface area contributed by atoms with E-state index in [9.17, 15) is 30.4 Å². The van der Waals surface area contributed by atoms with Crippen LogP contribution < -0.4 is 0 Å². The van der Waals surface area contributed by atoms with Crippen LogP contribution in [0.15, 0.2) is 59.6 Å². The van der Waals surface area contributed by atoms with Crippen LogP contribution in [-0.4, -0.2) is 24.2 Å². The zero-order valence-corrected chi connectivity index (χ0v) is 15.1. The highest BCUT2D eigenvalue weighted by atomic mass is 32.2. The lowest BCUT2D eigenvalue weighted by molar-refractivity contribution is -0.140. The Bertz CT molecular complexity index is 1090. The average Bonchev–Trinajstić information content (AvgIpc) is 3.07. The van der Waals surface area contributed by atoms with Crippen molar-refractivity contribution in [1.29, 1.82) is 0 Å². The van der Waals surface area contributed by atoms with Gasteiger partial charge in [-0.1, -0.05) is 24.3 Å². The van der Waals surface area contributed by atoms with Gasteiger partial charge in [-0.2, -0.15) is 13.2 Å². The minimum absolute atomic E-state index is 0.00949. The van der Waals surface area contributed by atoms with Crippen LogP contribution in [0.25, 0.3) is 17.1 Å². The molecule has 4 nitrogen and oxygen atoms in total. The molecule has 3 aromatic rings. The molecule has 0 saturated carbocycles. The fourth-order valence-electron chi connectivity index (χ4n) is 2.55. The molecule has 1 aromatic heterocycles. The fourth-order valence-corrected chi connectivity index (χ4v) is 3.18. The van der Waals surface area contributed by atoms with Gasteiger partial charge in [0.2, 0.25) is 0 Å². The molecule has 0 saturated heterocycles. The van der Waals surface area contributed by atoms with Crippen LogP contribution in [0.2, 0.25) is 0 Å². The highest BCUT2D eigenvalue weighted by Gasteiger charge is 2.35. The molecule has 0 atom stereocenters. The smallest absolute Gasteiger partial charge is 0.299 e. The number of rotatable bonds is 4. The maximum Gasteiger partial charge on any atom is 0.434 e. The summed E-state index contributed by atoms with van der Waals surface area (Å²) in [7, 11) is -3.47. The van der Waals surface area contributed by atoms with Gasteiger partial charge in [-0.25, -0.2) is 22.2 Å². The highest BCUT2D eigenvalue weighted by molar-refractivity contribution is 7.90. The van der Waals surface area contributed by atoms with E-state index < -0.39 is 28.1 Å². The van der Waals surface area contributed by atoms with Crippen LogP contribution in [0.4, 0.5) is 22.0 Å². The van der Waals surface area contributed by atoms with Gasteiger partial charge >= 0.3 is 6.18 Å². The second-order valence-electron chi connectivity index (χ2n) is 6.01. The van der Waals surface area contributed by atoms with Crippen LogP contribution in [0.1, 0.15) is 17.7 Å². The molecule has 0 fully saturated rings. The predicted molar refractivity (Wildman–Crippen MR) is 92.1 cm³/mol. The number of aromatic nitrogens is 2. The first-order valence-corrected chi connectivity index (χ1v) is 9.71. The first-order valence-electron chi connectivity index (χ1n) is 7.82. The molecule has 0 N–H and O–H groups in total. The van der Waals surface area contributed by atoms with Gasteiger partial charge < -0.3 is 0 Å². The second kappa shape index (κ2) is 7.01. The Hall–Kier alpha value is -2.75. The lowest BCUT2D eigenvalue weighted by atomic mass is 10.1. The Kier molecular flexibility index (Phi) is 5.00. The third-order valence-corrected chi connectivity index (χ3v) is 5.09. The van der Waals surface area contributed by atoms with E-state index in [2.05, 4.69) is 4.98 Å². The van der Waals surface area contributed by atoms with Gasteiger partial charge in [-0.15, -0.1) is 0 Å². The van der Waals surface area contributed by atoms with Gasteiger partial charge in [-0.05, 0) is 24.3 Å². The van der Waals surface area contributed by atoms with Crippen molar-refractivity contribution < 1.29 is 30.4 Å². The first kappa shape index (κ1) is 20.0. The first-order chi connectivity index (χ1) is 13.0. The summed E-state index contributed by atoms with van der Waals surface area (Å²) >= 11 is 0. The SMILES string of the molecule is CS(=O)(=O)c1ccc(-n2cc(C(F)(F)F)nc2-c2ccc(C(F)F)cc2)cc1. The molecular formula is C18H13F5N2O2S. The Labute approximate surface area is 157 Å². The van der Waals surface area contributed by atoms with Crippen LogP contribution in [-0.2, 0) is 16.0 Å². The Morgan fingerprint density at radius 2 is 1.54 bits per heavy atom. The monoisotopic (exact) mass is 416 g/mol. The van der Waals surface area contributed by atoms with E-state index in [0.29, 0.717) is 0 Å². The van der Waals surface area contributed by atoms with E-state index >= 15 is 0 Å². The molecule has 0 aliphatic heterocycles. The molecule has 0 radical (unpaired) electrons. The summed E-state index contributed by atoms with van der Waals surface area (Å²) in [5.74, 6) is -0.111. The molecule has 10 heteroatoms. The number of sulfone groups is 1. The highest BCUT2D eigenvalue weighted by Crippen LogP contribution is 2.33. The Morgan fingerprint density at radius 3 is 2.00 bits per heavy atom. The summed E-state index contributed by atoms with van der Waals surface area (Å²) in [6, 6.07) is 9.95. The van der Waals surface area contributed by atoms with Crippen LogP contribution >= 0.6 is 0 Å². The van der Waals surface area contributed by atoms with Crippen molar-refractivity contribution in [2.24, 2.45) is 0 Å². The number of alkyl halides is 5. The van der Waals surface area contributed by atoms with Gasteiger partial charge in [0.1, 0.15) is 5.82 Å². The molecule has 3 rings (SSSR count). The minimum Gasteiger partial charge on any atom is -0.299 e. The summed E-state index contributed by atoms with van der Waals surface area (Å²) in [5.41, 5.74) is -0.988. The third kappa shape index (κ3) is 4.06. The number of imidazole rings is 1. The van der Waals surface area contributed by atoms with Crippen molar-refractivity contribution in [3.05, 3.63) is 66.0 Å². The predicted octanol–water partition coefficient (Wildman–Crippen LogP) is 4.90. The Morgan fingerprint density at radius 1 is 0.964 bits per heavy atom. The number of benzene rings is 2. The average molecular weight is 416 g/mol. The zero-order chi connectivity index (χ0) is 20.7. The van der Waals surface area contributed by atoms with Crippen LogP contribution in [0, 0.1) is 0 Å². The molecule has 0 aliphatic rings. The second-order valence-corrected chi connectivity index (χ2v) is 8.02. The summed E-state index contributed by atoms with van der Waals surface area (Å²) < 4.78 is 89.1. The largest absolute Gasteiger partial charge is 0.434 e. The van der Waals surface area contributed by atoms with Gasteiger partial charge in [0.15, 0.2) is 15.5 Å². The standard InChI is InChI=1S/C18H13F5N2O2S/c1-28(26,27)14-8-6-13(7-9-14)25-10-15(18(21,22)23)24-17(25)12-4-2-11(3-5-12)16(19)20/h2-10,16H,1H3. The lowest BCUT2D eigenvalue weighted by Crippen LogP contribution is -2.05. The molecule has 0 unspecified atom stereocenters. The molecular weight excluding hydrogens is 403 g/mol. The molecule has 0 bridgehead atoms.